The van der Waals surface area contributed by atoms with Crippen molar-refractivity contribution in [3.05, 3.63) is 52.9 Å². The van der Waals surface area contributed by atoms with Crippen molar-refractivity contribution in [1.82, 2.24) is 9.97 Å². The number of rotatable bonds is 4. The van der Waals surface area contributed by atoms with Gasteiger partial charge in [-0.1, -0.05) is 41.9 Å². The zero-order valence-corrected chi connectivity index (χ0v) is 12.3. The molecule has 0 spiro atoms. The fraction of sp³-hybridized carbons (Fsp3) is 0.143. The quantitative estimate of drug-likeness (QED) is 0.871. The van der Waals surface area contributed by atoms with Gasteiger partial charge < -0.3 is 9.47 Å². The van der Waals surface area contributed by atoms with E-state index >= 15 is 0 Å². The van der Waals surface area contributed by atoms with Crippen LogP contribution in [0.5, 0.6) is 0 Å². The number of nitrogens with one attached hydrogen (secondary N) is 1. The third kappa shape index (κ3) is 4.16. The molecule has 22 heavy (non-hydrogen) atoms. The fourth-order valence-corrected chi connectivity index (χ4v) is 1.69. The highest BCUT2D eigenvalue weighted by Crippen LogP contribution is 2.14. The van der Waals surface area contributed by atoms with Gasteiger partial charge >= 0.3 is 12.1 Å². The second-order valence-electron chi connectivity index (χ2n) is 4.07. The zero-order valence-electron chi connectivity index (χ0n) is 11.6. The van der Waals surface area contributed by atoms with E-state index in [1.807, 2.05) is 30.3 Å². The number of benzene rings is 1. The average molecular weight is 322 g/mol. The van der Waals surface area contributed by atoms with Gasteiger partial charge in [0.15, 0.2) is 11.5 Å². The molecule has 0 aliphatic rings. The van der Waals surface area contributed by atoms with Crippen LogP contribution in [0.2, 0.25) is 5.15 Å². The molecule has 8 heteroatoms. The monoisotopic (exact) mass is 321 g/mol. The fourth-order valence-electron chi connectivity index (χ4n) is 1.55. The Labute approximate surface area is 131 Å². The number of methoxy groups -OCH3 is 1. The Morgan fingerprint density at radius 2 is 2.00 bits per heavy atom. The van der Waals surface area contributed by atoms with Gasteiger partial charge in [0.25, 0.3) is 0 Å². The van der Waals surface area contributed by atoms with E-state index in [-0.39, 0.29) is 23.3 Å². The smallest absolute Gasteiger partial charge is 0.413 e. The maximum absolute atomic E-state index is 11.7. The van der Waals surface area contributed by atoms with Gasteiger partial charge in [0, 0.05) is 0 Å². The molecule has 0 fully saturated rings. The zero-order chi connectivity index (χ0) is 15.9. The molecule has 1 amide bonds. The Morgan fingerprint density at radius 3 is 2.68 bits per heavy atom. The van der Waals surface area contributed by atoms with E-state index in [2.05, 4.69) is 20.0 Å². The first kappa shape index (κ1) is 15.7. The summed E-state index contributed by atoms with van der Waals surface area (Å²) in [5, 5.41) is 2.33. The van der Waals surface area contributed by atoms with E-state index in [4.69, 9.17) is 16.3 Å². The van der Waals surface area contributed by atoms with Crippen molar-refractivity contribution in [2.75, 3.05) is 12.4 Å². The highest BCUT2D eigenvalue weighted by atomic mass is 35.5. The summed E-state index contributed by atoms with van der Waals surface area (Å²) in [5.41, 5.74) is 0.625. The molecule has 0 aliphatic heterocycles. The van der Waals surface area contributed by atoms with Crippen LogP contribution in [0.25, 0.3) is 0 Å². The third-order valence-corrected chi connectivity index (χ3v) is 2.74. The lowest BCUT2D eigenvalue weighted by atomic mass is 10.2. The second-order valence-corrected chi connectivity index (χ2v) is 4.46. The van der Waals surface area contributed by atoms with Gasteiger partial charge in [0.1, 0.15) is 11.8 Å². The molecule has 0 radical (unpaired) electrons. The maximum Gasteiger partial charge on any atom is 0.413 e. The maximum atomic E-state index is 11.7. The predicted octanol–water partition coefficient (Wildman–Crippen LogP) is 2.67. The number of hydrogen-bond donors (Lipinski definition) is 1. The van der Waals surface area contributed by atoms with Crippen molar-refractivity contribution in [1.29, 1.82) is 0 Å². The van der Waals surface area contributed by atoms with Gasteiger partial charge in [-0.25, -0.2) is 19.6 Å². The Morgan fingerprint density at radius 1 is 1.27 bits per heavy atom. The van der Waals surface area contributed by atoms with Crippen molar-refractivity contribution in [3.8, 4) is 0 Å². The number of nitrogens with zero attached hydrogens (tertiary/aromatic N) is 2. The van der Waals surface area contributed by atoms with Crippen LogP contribution in [0.1, 0.15) is 16.1 Å². The molecule has 0 bridgehead atoms. The number of hydrogen-bond acceptors (Lipinski definition) is 6. The van der Waals surface area contributed by atoms with Crippen LogP contribution in [-0.4, -0.2) is 29.1 Å². The van der Waals surface area contributed by atoms with Crippen LogP contribution in [0, 0.1) is 0 Å². The number of carbonyl (C=O) groups is 2. The van der Waals surface area contributed by atoms with Crippen LogP contribution >= 0.6 is 11.6 Å². The number of aromatic nitrogens is 2. The molecule has 2 rings (SSSR count). The topological polar surface area (TPSA) is 90.4 Å². The summed E-state index contributed by atoms with van der Waals surface area (Å²) in [4.78, 5) is 30.9. The van der Waals surface area contributed by atoms with Crippen LogP contribution in [0.3, 0.4) is 0 Å². The normalized spacial score (nSPS) is 9.91. The molecular formula is C14H12ClN3O4. The summed E-state index contributed by atoms with van der Waals surface area (Å²) in [7, 11) is 1.18. The Hall–Kier alpha value is -2.67. The summed E-state index contributed by atoms with van der Waals surface area (Å²) in [6.45, 7) is 0.0846. The van der Waals surface area contributed by atoms with Crippen molar-refractivity contribution < 1.29 is 19.1 Å². The Balaban J connectivity index is 2.03. The van der Waals surface area contributed by atoms with Crippen molar-refractivity contribution >= 4 is 29.5 Å². The minimum absolute atomic E-state index is 0.00334. The standard InChI is InChI=1S/C14H12ClN3O4/c1-21-13(19)11-12(16-7-10(15)17-11)18-14(20)22-8-9-5-3-2-4-6-9/h2-7H,8H2,1H3,(H,16,18,20). The minimum Gasteiger partial charge on any atom is -0.464 e. The van der Waals surface area contributed by atoms with Gasteiger partial charge in [-0.15, -0.1) is 0 Å². The molecule has 114 valence electrons. The molecule has 1 N–H and O–H groups in total. The highest BCUT2D eigenvalue weighted by Gasteiger charge is 2.18. The number of esters is 1. The van der Waals surface area contributed by atoms with Gasteiger partial charge in [0.2, 0.25) is 0 Å². The summed E-state index contributed by atoms with van der Waals surface area (Å²) in [5.74, 6) is -0.859. The second kappa shape index (κ2) is 7.37. The predicted molar refractivity (Wildman–Crippen MR) is 78.6 cm³/mol. The molecular weight excluding hydrogens is 310 g/mol. The number of amides is 1. The van der Waals surface area contributed by atoms with Gasteiger partial charge in [-0.2, -0.15) is 0 Å². The lowest BCUT2D eigenvalue weighted by Crippen LogP contribution is -2.18. The van der Waals surface area contributed by atoms with Gasteiger partial charge in [-0.05, 0) is 5.56 Å². The molecule has 0 unspecified atom stereocenters. The molecule has 1 aromatic heterocycles. The van der Waals surface area contributed by atoms with Crippen LogP contribution in [-0.2, 0) is 16.1 Å². The first-order valence-corrected chi connectivity index (χ1v) is 6.56. The van der Waals surface area contributed by atoms with Gasteiger partial charge in [-0.3, -0.25) is 5.32 Å². The van der Waals surface area contributed by atoms with E-state index in [9.17, 15) is 9.59 Å². The number of ether oxygens (including phenoxy) is 2. The van der Waals surface area contributed by atoms with Gasteiger partial charge in [0.05, 0.1) is 13.3 Å². The lowest BCUT2D eigenvalue weighted by Gasteiger charge is -2.09. The summed E-state index contributed by atoms with van der Waals surface area (Å²) in [6.07, 6.45) is 0.423. The van der Waals surface area contributed by atoms with Crippen LogP contribution in [0.4, 0.5) is 10.6 Å². The first-order chi connectivity index (χ1) is 10.6. The molecule has 0 aliphatic carbocycles. The molecule has 0 atom stereocenters. The SMILES string of the molecule is COC(=O)c1nc(Cl)cnc1NC(=O)OCc1ccccc1. The van der Waals surface area contributed by atoms with Crippen LogP contribution in [0.15, 0.2) is 36.5 Å². The summed E-state index contributed by atoms with van der Waals surface area (Å²) >= 11 is 5.67. The average Bonchev–Trinajstić information content (AvgIpc) is 2.55. The third-order valence-electron chi connectivity index (χ3n) is 2.56. The summed E-state index contributed by atoms with van der Waals surface area (Å²) < 4.78 is 9.58. The molecule has 0 saturated carbocycles. The van der Waals surface area contributed by atoms with Crippen molar-refractivity contribution in [2.45, 2.75) is 6.61 Å². The lowest BCUT2D eigenvalue weighted by molar-refractivity contribution is 0.0595. The molecule has 1 aromatic carbocycles. The molecule has 2 aromatic rings. The van der Waals surface area contributed by atoms with E-state index in [1.165, 1.54) is 13.3 Å². The molecule has 1 heterocycles. The minimum atomic E-state index is -0.773. The van der Waals surface area contributed by atoms with Crippen LogP contribution < -0.4 is 5.32 Å². The van der Waals surface area contributed by atoms with Crippen molar-refractivity contribution in [3.63, 3.8) is 0 Å². The highest BCUT2D eigenvalue weighted by molar-refractivity contribution is 6.29. The number of anilines is 1. The molecule has 0 saturated heterocycles. The van der Waals surface area contributed by atoms with E-state index in [0.717, 1.165) is 5.56 Å². The largest absolute Gasteiger partial charge is 0.464 e. The Kier molecular flexibility index (Phi) is 5.26. The van der Waals surface area contributed by atoms with E-state index in [0.29, 0.717) is 0 Å². The molecule has 7 nitrogen and oxygen atoms in total. The van der Waals surface area contributed by atoms with Crippen molar-refractivity contribution in [2.24, 2.45) is 0 Å². The number of halogens is 1. The number of carbonyl (C=O) groups excluding carboxylic acids is 2. The van der Waals surface area contributed by atoms with E-state index < -0.39 is 12.1 Å². The summed E-state index contributed by atoms with van der Waals surface area (Å²) in [6, 6.07) is 9.15. The Bertz CT molecular complexity index is 679. The first-order valence-electron chi connectivity index (χ1n) is 6.18. The van der Waals surface area contributed by atoms with E-state index in [1.54, 1.807) is 0 Å².